The van der Waals surface area contributed by atoms with Crippen LogP contribution in [0.3, 0.4) is 0 Å². The standard InChI is InChI=1S/C21H13F7N2O/c22-16-15(21(26,27)28)17(23)19(25)20(18(16)24)30-29-10-12-6-8-14(9-7-12)31-11-13-4-2-1-3-5-13/h1-10,30H,11H2. The molecule has 0 heterocycles. The van der Waals surface area contributed by atoms with E-state index in [9.17, 15) is 30.7 Å². The van der Waals surface area contributed by atoms with Crippen molar-refractivity contribution in [2.45, 2.75) is 12.8 Å². The summed E-state index contributed by atoms with van der Waals surface area (Å²) in [6, 6.07) is 15.6. The van der Waals surface area contributed by atoms with Gasteiger partial charge in [-0.2, -0.15) is 18.3 Å². The summed E-state index contributed by atoms with van der Waals surface area (Å²) in [5.74, 6) is -9.09. The Labute approximate surface area is 171 Å². The first-order valence-corrected chi connectivity index (χ1v) is 8.67. The minimum atomic E-state index is -5.61. The van der Waals surface area contributed by atoms with Crippen molar-refractivity contribution in [3.63, 3.8) is 0 Å². The van der Waals surface area contributed by atoms with Crippen molar-refractivity contribution in [1.82, 2.24) is 0 Å². The Morgan fingerprint density at radius 1 is 0.806 bits per heavy atom. The molecule has 3 aromatic carbocycles. The van der Waals surface area contributed by atoms with E-state index in [-0.39, 0.29) is 0 Å². The van der Waals surface area contributed by atoms with E-state index in [0.29, 0.717) is 17.9 Å². The van der Waals surface area contributed by atoms with Crippen LogP contribution in [0.1, 0.15) is 16.7 Å². The maximum Gasteiger partial charge on any atom is 0.422 e. The molecule has 0 spiro atoms. The molecule has 0 aliphatic heterocycles. The van der Waals surface area contributed by atoms with Crippen LogP contribution in [-0.2, 0) is 12.8 Å². The molecular formula is C21H13F7N2O. The zero-order valence-corrected chi connectivity index (χ0v) is 15.5. The molecule has 0 saturated carbocycles. The van der Waals surface area contributed by atoms with Crippen LogP contribution >= 0.6 is 0 Å². The van der Waals surface area contributed by atoms with E-state index in [4.69, 9.17) is 4.74 Å². The van der Waals surface area contributed by atoms with Crippen molar-refractivity contribution >= 4 is 11.9 Å². The molecule has 3 nitrogen and oxygen atoms in total. The van der Waals surface area contributed by atoms with Gasteiger partial charge in [-0.25, -0.2) is 17.6 Å². The molecule has 162 valence electrons. The van der Waals surface area contributed by atoms with E-state index in [1.807, 2.05) is 30.3 Å². The number of anilines is 1. The first-order chi connectivity index (χ1) is 14.7. The Balaban J connectivity index is 1.69. The van der Waals surface area contributed by atoms with Gasteiger partial charge in [0.25, 0.3) is 0 Å². The molecule has 0 amide bonds. The van der Waals surface area contributed by atoms with Crippen LogP contribution in [0.2, 0.25) is 0 Å². The van der Waals surface area contributed by atoms with Gasteiger partial charge in [-0.1, -0.05) is 30.3 Å². The molecule has 0 aliphatic rings. The Morgan fingerprint density at radius 2 is 1.39 bits per heavy atom. The molecular weight excluding hydrogens is 429 g/mol. The van der Waals surface area contributed by atoms with Crippen LogP contribution in [-0.4, -0.2) is 6.21 Å². The molecule has 0 unspecified atom stereocenters. The van der Waals surface area contributed by atoms with Crippen molar-refractivity contribution in [2.24, 2.45) is 5.10 Å². The highest BCUT2D eigenvalue weighted by molar-refractivity contribution is 5.80. The van der Waals surface area contributed by atoms with Gasteiger partial charge in [0.1, 0.15) is 23.6 Å². The van der Waals surface area contributed by atoms with Crippen LogP contribution in [0.4, 0.5) is 36.4 Å². The number of hydrogen-bond donors (Lipinski definition) is 1. The fraction of sp³-hybridized carbons (Fsp3) is 0.0952. The third-order valence-corrected chi connectivity index (χ3v) is 4.07. The SMILES string of the molecule is Fc1c(F)c(C(F)(F)F)c(F)c(F)c1NN=Cc1ccc(OCc2ccccc2)cc1. The summed E-state index contributed by atoms with van der Waals surface area (Å²) in [7, 11) is 0. The smallest absolute Gasteiger partial charge is 0.422 e. The monoisotopic (exact) mass is 442 g/mol. The summed E-state index contributed by atoms with van der Waals surface area (Å²) in [5, 5.41) is 3.42. The Hall–Kier alpha value is -3.56. The van der Waals surface area contributed by atoms with Crippen LogP contribution in [0.5, 0.6) is 5.75 Å². The van der Waals surface area contributed by atoms with E-state index < -0.39 is 40.7 Å². The van der Waals surface area contributed by atoms with Crippen LogP contribution < -0.4 is 10.2 Å². The molecule has 0 fully saturated rings. The van der Waals surface area contributed by atoms with Crippen LogP contribution in [0, 0.1) is 23.3 Å². The van der Waals surface area contributed by atoms with Crippen LogP contribution in [0.15, 0.2) is 59.7 Å². The second-order valence-corrected chi connectivity index (χ2v) is 6.22. The zero-order chi connectivity index (χ0) is 22.6. The molecule has 31 heavy (non-hydrogen) atoms. The van der Waals surface area contributed by atoms with Crippen molar-refractivity contribution in [3.8, 4) is 5.75 Å². The predicted molar refractivity (Wildman–Crippen MR) is 99.7 cm³/mol. The summed E-state index contributed by atoms with van der Waals surface area (Å²) in [6.07, 6.45) is -4.56. The summed E-state index contributed by atoms with van der Waals surface area (Å²) in [4.78, 5) is 0. The number of ether oxygens (including phenoxy) is 1. The fourth-order valence-electron chi connectivity index (χ4n) is 2.54. The summed E-state index contributed by atoms with van der Waals surface area (Å²) < 4.78 is 98.1. The second kappa shape index (κ2) is 9.07. The fourth-order valence-corrected chi connectivity index (χ4v) is 2.54. The first kappa shape index (κ1) is 22.1. The average Bonchev–Trinajstić information content (AvgIpc) is 2.74. The summed E-state index contributed by atoms with van der Waals surface area (Å²) >= 11 is 0. The Bertz CT molecular complexity index is 1050. The van der Waals surface area contributed by atoms with Gasteiger partial charge >= 0.3 is 6.18 Å². The lowest BCUT2D eigenvalue weighted by molar-refractivity contribution is -0.143. The molecule has 0 bridgehead atoms. The quantitative estimate of drug-likeness (QED) is 0.211. The van der Waals surface area contributed by atoms with Gasteiger partial charge in [0.05, 0.1) is 6.21 Å². The average molecular weight is 442 g/mol. The molecule has 10 heteroatoms. The minimum absolute atomic E-state index is 0.333. The Morgan fingerprint density at radius 3 is 1.94 bits per heavy atom. The molecule has 0 atom stereocenters. The highest BCUT2D eigenvalue weighted by Crippen LogP contribution is 2.38. The number of rotatable bonds is 6. The van der Waals surface area contributed by atoms with Gasteiger partial charge < -0.3 is 4.74 Å². The molecule has 0 aromatic heterocycles. The third kappa shape index (κ3) is 5.14. The van der Waals surface area contributed by atoms with E-state index >= 15 is 0 Å². The number of halogens is 7. The van der Waals surface area contributed by atoms with Gasteiger partial charge in [0.15, 0.2) is 23.3 Å². The lowest BCUT2D eigenvalue weighted by Gasteiger charge is -2.13. The van der Waals surface area contributed by atoms with Crippen molar-refractivity contribution in [1.29, 1.82) is 0 Å². The maximum absolute atomic E-state index is 13.8. The zero-order valence-electron chi connectivity index (χ0n) is 15.5. The van der Waals surface area contributed by atoms with Gasteiger partial charge in [-0.15, -0.1) is 0 Å². The van der Waals surface area contributed by atoms with Gasteiger partial charge in [0.2, 0.25) is 0 Å². The number of nitrogens with one attached hydrogen (secondary N) is 1. The molecule has 0 aliphatic carbocycles. The highest BCUT2D eigenvalue weighted by atomic mass is 19.4. The third-order valence-electron chi connectivity index (χ3n) is 4.07. The second-order valence-electron chi connectivity index (χ2n) is 6.22. The topological polar surface area (TPSA) is 33.6 Å². The van der Waals surface area contributed by atoms with E-state index in [1.54, 1.807) is 17.6 Å². The highest BCUT2D eigenvalue weighted by Gasteiger charge is 2.42. The lowest BCUT2D eigenvalue weighted by Crippen LogP contribution is -2.16. The summed E-state index contributed by atoms with van der Waals surface area (Å²) in [5.41, 5.74) is -1.08. The van der Waals surface area contributed by atoms with Gasteiger partial charge in [-0.3, -0.25) is 5.43 Å². The molecule has 0 saturated heterocycles. The first-order valence-electron chi connectivity index (χ1n) is 8.67. The molecule has 0 radical (unpaired) electrons. The number of benzene rings is 3. The van der Waals surface area contributed by atoms with Gasteiger partial charge in [0, 0.05) is 0 Å². The normalized spacial score (nSPS) is 11.7. The molecule has 1 N–H and O–H groups in total. The maximum atomic E-state index is 13.8. The number of hydrazone groups is 1. The summed E-state index contributed by atoms with van der Waals surface area (Å²) in [6.45, 7) is 0.333. The van der Waals surface area contributed by atoms with Crippen LogP contribution in [0.25, 0.3) is 0 Å². The molecule has 3 aromatic rings. The minimum Gasteiger partial charge on any atom is -0.489 e. The van der Waals surface area contributed by atoms with E-state index in [1.165, 1.54) is 12.1 Å². The van der Waals surface area contributed by atoms with E-state index in [0.717, 1.165) is 11.8 Å². The number of nitrogens with zero attached hydrogens (tertiary/aromatic N) is 1. The lowest BCUT2D eigenvalue weighted by atomic mass is 10.1. The number of alkyl halides is 3. The predicted octanol–water partition coefficient (Wildman–Crippen LogP) is 6.29. The van der Waals surface area contributed by atoms with Crippen molar-refractivity contribution in [2.75, 3.05) is 5.43 Å². The molecule has 3 rings (SSSR count). The van der Waals surface area contributed by atoms with Crippen molar-refractivity contribution < 1.29 is 35.5 Å². The Kier molecular flexibility index (Phi) is 6.47. The number of hydrogen-bond acceptors (Lipinski definition) is 3. The van der Waals surface area contributed by atoms with Gasteiger partial charge in [-0.05, 0) is 35.4 Å². The largest absolute Gasteiger partial charge is 0.489 e. The van der Waals surface area contributed by atoms with E-state index in [2.05, 4.69) is 5.10 Å². The van der Waals surface area contributed by atoms with Crippen molar-refractivity contribution in [3.05, 3.63) is 94.6 Å².